The molecule has 1 aliphatic heterocycles. The molecule has 0 N–H and O–H groups in total. The number of oxazole rings is 1. The van der Waals surface area contributed by atoms with E-state index in [1.165, 1.54) is 0 Å². The molecule has 2 aromatic carbocycles. The molecule has 4 rings (SSSR count). The summed E-state index contributed by atoms with van der Waals surface area (Å²) in [7, 11) is 0. The Morgan fingerprint density at radius 2 is 1.76 bits per heavy atom. The molecule has 1 saturated heterocycles. The SMILES string of the molecule is Cc1oc(-c2ccccc2)nc1CCOC(c1ccccc1)N1C(=O)COC1=O. The van der Waals surface area contributed by atoms with E-state index in [0.29, 0.717) is 23.6 Å². The zero-order chi connectivity index (χ0) is 20.2. The number of cyclic esters (lactones) is 1. The number of ether oxygens (including phenoxy) is 2. The molecule has 7 nitrogen and oxygen atoms in total. The van der Waals surface area contributed by atoms with Crippen molar-refractivity contribution in [1.29, 1.82) is 0 Å². The van der Waals surface area contributed by atoms with Gasteiger partial charge >= 0.3 is 6.09 Å². The van der Waals surface area contributed by atoms with Gasteiger partial charge in [0.25, 0.3) is 5.91 Å². The molecule has 1 aromatic heterocycles. The van der Waals surface area contributed by atoms with Gasteiger partial charge in [-0.2, -0.15) is 0 Å². The first-order valence-electron chi connectivity index (χ1n) is 9.30. The number of amides is 2. The maximum Gasteiger partial charge on any atom is 0.419 e. The van der Waals surface area contributed by atoms with Gasteiger partial charge in [0, 0.05) is 17.5 Å². The second kappa shape index (κ2) is 8.28. The molecule has 3 aromatic rings. The van der Waals surface area contributed by atoms with E-state index in [9.17, 15) is 9.59 Å². The van der Waals surface area contributed by atoms with Crippen molar-refractivity contribution in [2.24, 2.45) is 0 Å². The lowest BCUT2D eigenvalue weighted by molar-refractivity contribution is -0.136. The van der Waals surface area contributed by atoms with E-state index in [0.717, 1.165) is 16.2 Å². The second-order valence-corrected chi connectivity index (χ2v) is 6.59. The third kappa shape index (κ3) is 4.05. The van der Waals surface area contributed by atoms with Crippen molar-refractivity contribution in [1.82, 2.24) is 9.88 Å². The molecule has 1 aliphatic rings. The summed E-state index contributed by atoms with van der Waals surface area (Å²) in [6.45, 7) is 1.83. The van der Waals surface area contributed by atoms with Crippen molar-refractivity contribution in [2.75, 3.05) is 13.2 Å². The van der Waals surface area contributed by atoms with Crippen LogP contribution in [-0.4, -0.2) is 35.1 Å². The highest BCUT2D eigenvalue weighted by molar-refractivity contribution is 5.98. The topological polar surface area (TPSA) is 81.9 Å². The first-order valence-corrected chi connectivity index (χ1v) is 9.30. The van der Waals surface area contributed by atoms with Gasteiger partial charge < -0.3 is 13.9 Å². The Hall–Kier alpha value is -3.45. The first-order chi connectivity index (χ1) is 14.1. The van der Waals surface area contributed by atoms with Crippen molar-refractivity contribution in [3.63, 3.8) is 0 Å². The fraction of sp³-hybridized carbons (Fsp3) is 0.227. The number of hydrogen-bond donors (Lipinski definition) is 0. The Balaban J connectivity index is 1.48. The Labute approximate surface area is 167 Å². The van der Waals surface area contributed by atoms with Gasteiger partial charge in [0.2, 0.25) is 5.89 Å². The molecule has 7 heteroatoms. The summed E-state index contributed by atoms with van der Waals surface area (Å²) < 4.78 is 16.6. The largest absolute Gasteiger partial charge is 0.441 e. The van der Waals surface area contributed by atoms with Crippen LogP contribution in [0.2, 0.25) is 0 Å². The fourth-order valence-corrected chi connectivity index (χ4v) is 3.16. The average molecular weight is 392 g/mol. The lowest BCUT2D eigenvalue weighted by Gasteiger charge is -2.24. The highest BCUT2D eigenvalue weighted by Crippen LogP contribution is 2.27. The number of carbonyl (C=O) groups is 2. The van der Waals surface area contributed by atoms with E-state index in [1.54, 1.807) is 12.1 Å². The number of aromatic nitrogens is 1. The van der Waals surface area contributed by atoms with Crippen LogP contribution < -0.4 is 0 Å². The predicted octanol–water partition coefficient (Wildman–Crippen LogP) is 3.89. The van der Waals surface area contributed by atoms with Crippen molar-refractivity contribution in [3.05, 3.63) is 77.7 Å². The monoisotopic (exact) mass is 392 g/mol. The van der Waals surface area contributed by atoms with Crippen LogP contribution in [0, 0.1) is 6.92 Å². The molecule has 2 amide bonds. The van der Waals surface area contributed by atoms with Gasteiger partial charge in [0.1, 0.15) is 5.76 Å². The van der Waals surface area contributed by atoms with Gasteiger partial charge in [0.05, 0.1) is 12.3 Å². The highest BCUT2D eigenvalue weighted by Gasteiger charge is 2.38. The van der Waals surface area contributed by atoms with Gasteiger partial charge in [-0.1, -0.05) is 48.5 Å². The Morgan fingerprint density at radius 1 is 1.07 bits per heavy atom. The predicted molar refractivity (Wildman–Crippen MR) is 104 cm³/mol. The van der Waals surface area contributed by atoms with Crippen LogP contribution in [0.25, 0.3) is 11.5 Å². The van der Waals surface area contributed by atoms with Crippen molar-refractivity contribution < 1.29 is 23.5 Å². The van der Waals surface area contributed by atoms with Gasteiger partial charge in [-0.05, 0) is 19.1 Å². The Kier molecular flexibility index (Phi) is 5.39. The normalized spacial score (nSPS) is 14.9. The summed E-state index contributed by atoms with van der Waals surface area (Å²) in [4.78, 5) is 29.7. The zero-order valence-corrected chi connectivity index (χ0v) is 15.9. The average Bonchev–Trinajstić information content (AvgIpc) is 3.29. The van der Waals surface area contributed by atoms with E-state index in [2.05, 4.69) is 4.98 Å². The maximum absolute atomic E-state index is 12.1. The molecule has 0 radical (unpaired) electrons. The molecule has 1 atom stereocenters. The molecule has 148 valence electrons. The van der Waals surface area contributed by atoms with E-state index < -0.39 is 18.2 Å². The minimum Gasteiger partial charge on any atom is -0.441 e. The number of aryl methyl sites for hydroxylation is 1. The van der Waals surface area contributed by atoms with E-state index >= 15 is 0 Å². The summed E-state index contributed by atoms with van der Waals surface area (Å²) in [5, 5.41) is 0. The Morgan fingerprint density at radius 3 is 2.41 bits per heavy atom. The van der Waals surface area contributed by atoms with Crippen LogP contribution in [0.1, 0.15) is 23.2 Å². The zero-order valence-electron chi connectivity index (χ0n) is 15.9. The summed E-state index contributed by atoms with van der Waals surface area (Å²) in [6, 6.07) is 18.8. The lowest BCUT2D eigenvalue weighted by atomic mass is 10.2. The van der Waals surface area contributed by atoms with Crippen LogP contribution in [0.4, 0.5) is 4.79 Å². The fourth-order valence-electron chi connectivity index (χ4n) is 3.16. The number of carbonyl (C=O) groups excluding carboxylic acids is 2. The van der Waals surface area contributed by atoms with E-state index in [1.807, 2.05) is 55.5 Å². The minimum atomic E-state index is -0.848. The van der Waals surface area contributed by atoms with Gasteiger partial charge in [-0.25, -0.2) is 14.7 Å². The number of hydrogen-bond acceptors (Lipinski definition) is 6. The molecule has 2 heterocycles. The summed E-state index contributed by atoms with van der Waals surface area (Å²) in [6.07, 6.45) is -1.07. The van der Waals surface area contributed by atoms with Gasteiger partial charge in [-0.3, -0.25) is 4.79 Å². The summed E-state index contributed by atoms with van der Waals surface area (Å²) in [5.41, 5.74) is 2.36. The van der Waals surface area contributed by atoms with Crippen LogP contribution in [0.3, 0.4) is 0 Å². The molecule has 0 aliphatic carbocycles. The van der Waals surface area contributed by atoms with Crippen molar-refractivity contribution in [2.45, 2.75) is 19.6 Å². The smallest absolute Gasteiger partial charge is 0.419 e. The summed E-state index contributed by atoms with van der Waals surface area (Å²) >= 11 is 0. The van der Waals surface area contributed by atoms with Crippen LogP contribution in [0.15, 0.2) is 65.1 Å². The molecular weight excluding hydrogens is 372 g/mol. The molecule has 1 unspecified atom stereocenters. The highest BCUT2D eigenvalue weighted by atomic mass is 16.6. The van der Waals surface area contributed by atoms with E-state index in [4.69, 9.17) is 13.9 Å². The molecule has 0 saturated carbocycles. The first kappa shape index (κ1) is 18.9. The molecule has 29 heavy (non-hydrogen) atoms. The Bertz CT molecular complexity index is 985. The van der Waals surface area contributed by atoms with Gasteiger partial charge in [-0.15, -0.1) is 0 Å². The minimum absolute atomic E-state index is 0.248. The van der Waals surface area contributed by atoms with Crippen LogP contribution in [0.5, 0.6) is 0 Å². The molecule has 0 spiro atoms. The molecule has 1 fully saturated rings. The summed E-state index contributed by atoms with van der Waals surface area (Å²) in [5.74, 6) is 0.837. The van der Waals surface area contributed by atoms with Crippen LogP contribution >= 0.6 is 0 Å². The maximum atomic E-state index is 12.1. The third-order valence-electron chi connectivity index (χ3n) is 4.63. The van der Waals surface area contributed by atoms with Crippen molar-refractivity contribution in [3.8, 4) is 11.5 Å². The number of rotatable bonds is 7. The lowest BCUT2D eigenvalue weighted by Crippen LogP contribution is -2.35. The molecule has 0 bridgehead atoms. The quantitative estimate of drug-likeness (QED) is 0.607. The van der Waals surface area contributed by atoms with Gasteiger partial charge in [0.15, 0.2) is 12.8 Å². The standard InChI is InChI=1S/C22H20N2O5/c1-15-18(23-20(29-15)16-8-4-2-5-9-16)12-13-27-21(17-10-6-3-7-11-17)24-19(25)14-28-22(24)26/h2-11,21H,12-14H2,1H3. The van der Waals surface area contributed by atoms with E-state index in [-0.39, 0.29) is 13.2 Å². The number of imide groups is 1. The van der Waals surface area contributed by atoms with Crippen molar-refractivity contribution >= 4 is 12.0 Å². The van der Waals surface area contributed by atoms with Crippen LogP contribution in [-0.2, 0) is 20.7 Å². The number of nitrogens with zero attached hydrogens (tertiary/aromatic N) is 2. The second-order valence-electron chi connectivity index (χ2n) is 6.59. The molecular formula is C22H20N2O5. The third-order valence-corrected chi connectivity index (χ3v) is 4.63. The number of benzene rings is 2.